The van der Waals surface area contributed by atoms with Gasteiger partial charge in [0.25, 0.3) is 0 Å². The maximum atomic E-state index is 14.2. The summed E-state index contributed by atoms with van der Waals surface area (Å²) in [4.78, 5) is 125. The van der Waals surface area contributed by atoms with Gasteiger partial charge < -0.3 is 85.3 Å². The highest BCUT2D eigenvalue weighted by Gasteiger charge is 2.35. The lowest BCUT2D eigenvalue weighted by Crippen LogP contribution is -2.61. The van der Waals surface area contributed by atoms with E-state index in [2.05, 4.69) is 47.5 Å². The first-order chi connectivity index (χ1) is 34.8. The van der Waals surface area contributed by atoms with Crippen molar-refractivity contribution in [1.82, 2.24) is 42.5 Å². The van der Waals surface area contributed by atoms with Crippen LogP contribution < -0.4 is 59.7 Å². The number of phenolic OH excluding ortho intramolecular Hbond substituents is 1. The van der Waals surface area contributed by atoms with E-state index in [4.69, 9.17) is 17.2 Å². The molecule has 0 saturated heterocycles. The van der Waals surface area contributed by atoms with Crippen LogP contribution in [0.5, 0.6) is 5.75 Å². The minimum atomic E-state index is -1.73. The average molecular weight is 1070 g/mol. The normalized spacial score (nSPS) is 14.9. The number of guanidine groups is 1. The molecule has 0 aromatic heterocycles. The lowest BCUT2D eigenvalue weighted by Gasteiger charge is -2.28. The molecule has 0 aliphatic rings. The number of rotatable bonds is 35. The van der Waals surface area contributed by atoms with E-state index in [-0.39, 0.29) is 74.5 Å². The van der Waals surface area contributed by atoms with Crippen molar-refractivity contribution in [3.05, 3.63) is 29.8 Å². The number of carboxylic acid groups (broad SMARTS) is 1. The molecule has 0 spiro atoms. The van der Waals surface area contributed by atoms with Crippen molar-refractivity contribution in [2.24, 2.45) is 39.9 Å². The van der Waals surface area contributed by atoms with Gasteiger partial charge in [-0.25, -0.2) is 4.79 Å². The summed E-state index contributed by atoms with van der Waals surface area (Å²) in [6.45, 7) is 7.79. The van der Waals surface area contributed by atoms with Crippen LogP contribution in [0.25, 0.3) is 0 Å². The van der Waals surface area contributed by atoms with Crippen LogP contribution >= 0.6 is 11.8 Å². The molecule has 1 rings (SSSR count). The Morgan fingerprint density at radius 3 is 1.27 bits per heavy atom. The molecule has 74 heavy (non-hydrogen) atoms. The Balaban J connectivity index is 3.49. The van der Waals surface area contributed by atoms with Crippen molar-refractivity contribution in [3.8, 4) is 5.75 Å². The summed E-state index contributed by atoms with van der Waals surface area (Å²) in [7, 11) is 0. The van der Waals surface area contributed by atoms with Crippen LogP contribution in [0.1, 0.15) is 85.6 Å². The molecule has 0 fully saturated rings. The Morgan fingerprint density at radius 1 is 0.527 bits per heavy atom. The van der Waals surface area contributed by atoms with Crippen LogP contribution in [0.15, 0.2) is 29.3 Å². The molecule has 8 amide bonds. The summed E-state index contributed by atoms with van der Waals surface area (Å²) in [6, 6.07) is -7.19. The third kappa shape index (κ3) is 25.1. The van der Waals surface area contributed by atoms with Gasteiger partial charge in [-0.05, 0) is 86.0 Å². The monoisotopic (exact) mass is 1070 g/mol. The van der Waals surface area contributed by atoms with Gasteiger partial charge in [-0.1, -0.05) is 53.7 Å². The van der Waals surface area contributed by atoms with E-state index < -0.39 is 127 Å². The lowest BCUT2D eigenvalue weighted by atomic mass is 9.99. The van der Waals surface area contributed by atoms with Crippen LogP contribution in [0.4, 0.5) is 0 Å². The van der Waals surface area contributed by atoms with Crippen LogP contribution in [0.3, 0.4) is 0 Å². The minimum Gasteiger partial charge on any atom is -0.508 e. The number of aliphatic hydroxyl groups is 3. The smallest absolute Gasteiger partial charge is 0.328 e. The van der Waals surface area contributed by atoms with E-state index in [0.29, 0.717) is 17.7 Å². The average Bonchev–Trinajstić information content (AvgIpc) is 3.32. The van der Waals surface area contributed by atoms with Crippen molar-refractivity contribution in [1.29, 1.82) is 0 Å². The summed E-state index contributed by atoms with van der Waals surface area (Å²) in [5.41, 5.74) is 17.1. The fraction of sp³-hybridized carbons (Fsp3) is 0.660. The molecular weight excluding hydrogens is 989 g/mol. The van der Waals surface area contributed by atoms with Gasteiger partial charge in [-0.3, -0.25) is 43.3 Å². The Morgan fingerprint density at radius 2 is 0.878 bits per heavy atom. The van der Waals surface area contributed by atoms with Gasteiger partial charge in [0, 0.05) is 13.0 Å². The number of nitrogens with two attached hydrogens (primary N) is 3. The molecule has 19 N–H and O–H groups in total. The number of phenols is 1. The van der Waals surface area contributed by atoms with Gasteiger partial charge in [0.05, 0.1) is 25.9 Å². The number of carbonyl (C=O) groups is 9. The van der Waals surface area contributed by atoms with E-state index in [0.717, 1.165) is 0 Å². The number of aromatic hydroxyl groups is 1. The second-order valence-electron chi connectivity index (χ2n) is 19.0. The van der Waals surface area contributed by atoms with Gasteiger partial charge in [-0.2, -0.15) is 11.8 Å². The number of aliphatic imine (C=N–C) groups is 1. The Bertz CT molecular complexity index is 2030. The number of carboxylic acids is 1. The van der Waals surface area contributed by atoms with E-state index in [1.54, 1.807) is 41.5 Å². The number of aliphatic hydroxyl groups excluding tert-OH is 3. The van der Waals surface area contributed by atoms with Gasteiger partial charge in [0.15, 0.2) is 5.96 Å². The highest BCUT2D eigenvalue weighted by Crippen LogP contribution is 2.15. The molecule has 27 heteroatoms. The first-order valence-corrected chi connectivity index (χ1v) is 25.7. The van der Waals surface area contributed by atoms with Gasteiger partial charge in [0.1, 0.15) is 54.1 Å². The first-order valence-electron chi connectivity index (χ1n) is 24.3. The van der Waals surface area contributed by atoms with Gasteiger partial charge in [0.2, 0.25) is 47.3 Å². The molecule has 26 nitrogen and oxygen atoms in total. The number of nitrogens with zero attached hydrogens (tertiary/aromatic N) is 1. The second kappa shape index (κ2) is 34.2. The van der Waals surface area contributed by atoms with Crippen molar-refractivity contribution in [2.75, 3.05) is 38.4 Å². The van der Waals surface area contributed by atoms with Crippen LogP contribution in [-0.4, -0.2) is 177 Å². The zero-order chi connectivity index (χ0) is 56.2. The van der Waals surface area contributed by atoms with Gasteiger partial charge in [-0.15, -0.1) is 0 Å². The second-order valence-corrected chi connectivity index (χ2v) is 20.0. The van der Waals surface area contributed by atoms with Crippen molar-refractivity contribution < 1.29 is 68.7 Å². The zero-order valence-corrected chi connectivity index (χ0v) is 44.0. The molecule has 0 saturated carbocycles. The van der Waals surface area contributed by atoms with E-state index in [1.807, 2.05) is 6.26 Å². The maximum Gasteiger partial charge on any atom is 0.328 e. The SMILES string of the molecule is CSCC[C@H](N)C(=O)N[C@@H](CO)C(=O)N[C@@H](CC(C)C)C(=O)N[C@@H](CC(C)C)C(=O)N[C@@H](CO)C(=O)N[C@@H](Cc1ccc(O)cc1)C(=O)N[C@@H](CC(C)C)C(=O)N[C@@H](CCCN=C(N)N)C(=O)N[C@@H](CO)C(=O)O. The predicted molar refractivity (Wildman–Crippen MR) is 275 cm³/mol. The third-order valence-corrected chi connectivity index (χ3v) is 11.6. The Labute approximate surface area is 435 Å². The summed E-state index contributed by atoms with van der Waals surface area (Å²) in [5, 5.41) is 69.1. The highest BCUT2D eigenvalue weighted by atomic mass is 32.2. The number of thioether (sulfide) groups is 1. The number of nitrogens with one attached hydrogen (secondary N) is 8. The number of benzene rings is 1. The van der Waals surface area contributed by atoms with Crippen molar-refractivity contribution in [3.63, 3.8) is 0 Å². The molecule has 0 unspecified atom stereocenters. The van der Waals surface area contributed by atoms with Crippen molar-refractivity contribution in [2.45, 2.75) is 141 Å². The van der Waals surface area contributed by atoms with Gasteiger partial charge >= 0.3 is 5.97 Å². The van der Waals surface area contributed by atoms with Crippen LogP contribution in [0, 0.1) is 17.8 Å². The topological polar surface area (TPSA) is 441 Å². The number of hydrogen-bond acceptors (Lipinski definition) is 16. The predicted octanol–water partition coefficient (Wildman–Crippen LogP) is -3.85. The zero-order valence-electron chi connectivity index (χ0n) is 43.2. The van der Waals surface area contributed by atoms with Crippen molar-refractivity contribution >= 4 is 70.9 Å². The summed E-state index contributed by atoms with van der Waals surface area (Å²) in [5.74, 6) is -9.14. The first kappa shape index (κ1) is 65.7. The molecule has 1 aromatic carbocycles. The molecule has 0 heterocycles. The molecule has 0 bridgehead atoms. The number of amides is 8. The molecule has 418 valence electrons. The quantitative estimate of drug-likeness (QED) is 0.0176. The van der Waals surface area contributed by atoms with Crippen LogP contribution in [-0.2, 0) is 49.6 Å². The molecule has 0 aliphatic carbocycles. The Kier molecular flexibility index (Phi) is 30.4. The molecule has 0 aliphatic heterocycles. The number of hydrogen-bond donors (Lipinski definition) is 16. The molecule has 1 aromatic rings. The fourth-order valence-corrected chi connectivity index (χ4v) is 7.58. The van der Waals surface area contributed by atoms with Crippen LogP contribution in [0.2, 0.25) is 0 Å². The molecule has 0 radical (unpaired) electrons. The Hall–Kier alpha value is -6.29. The standard InChI is InChI=1S/C47H80N12O14S/c1-24(2)17-31(40(66)52-30(9-8-15-51-47(49)50)39(65)59-37(23-62)46(72)73)54-43(69)34(20-27-10-12-28(63)13-11-27)56-45(71)36(22-61)58-42(68)33(19-26(5)6)53-41(67)32(18-25(3)4)55-44(70)35(21-60)57-38(64)29(48)14-16-74-7/h10-13,24-26,29-37,60-63H,8-9,14-23,48H2,1-7H3,(H,52,66)(H,53,67)(H,54,69)(H,55,70)(H,56,71)(H,57,64)(H,58,68)(H,59,65)(H,72,73)(H4,49,50,51)/t29-,30-,31-,32-,33-,34-,35-,36-,37-/m0/s1. The van der Waals surface area contributed by atoms with E-state index in [1.165, 1.54) is 36.0 Å². The summed E-state index contributed by atoms with van der Waals surface area (Å²) >= 11 is 1.47. The highest BCUT2D eigenvalue weighted by molar-refractivity contribution is 7.98. The minimum absolute atomic E-state index is 0.00842. The van der Waals surface area contributed by atoms with E-state index in [9.17, 15) is 68.7 Å². The third-order valence-electron chi connectivity index (χ3n) is 11.0. The molecular formula is C47H80N12O14S. The molecule has 9 atom stereocenters. The van der Waals surface area contributed by atoms with E-state index >= 15 is 0 Å². The summed E-state index contributed by atoms with van der Waals surface area (Å²) in [6.07, 6.45) is 1.96. The maximum absolute atomic E-state index is 14.2. The largest absolute Gasteiger partial charge is 0.508 e. The summed E-state index contributed by atoms with van der Waals surface area (Å²) < 4.78 is 0. The number of aliphatic carboxylic acids is 1. The lowest BCUT2D eigenvalue weighted by molar-refractivity contribution is -0.143. The fourth-order valence-electron chi connectivity index (χ4n) is 7.09. The number of carbonyl (C=O) groups excluding carboxylic acids is 8.